The molecule has 0 spiro atoms. The number of fused-ring (bicyclic) bond motifs is 1. The number of rotatable bonds is 5. The molecule has 1 amide bonds. The number of hydrogen-bond donors (Lipinski definition) is 1. The first-order valence-electron chi connectivity index (χ1n) is 8.00. The molecular formula is C18H21NO4S. The number of sulfone groups is 1. The highest BCUT2D eigenvalue weighted by molar-refractivity contribution is 7.91. The van der Waals surface area contributed by atoms with Crippen LogP contribution < -0.4 is 5.32 Å². The van der Waals surface area contributed by atoms with Crippen LogP contribution in [0.4, 0.5) is 0 Å². The molecule has 5 nitrogen and oxygen atoms in total. The first-order valence-corrected chi connectivity index (χ1v) is 9.82. The van der Waals surface area contributed by atoms with E-state index < -0.39 is 15.4 Å². The van der Waals surface area contributed by atoms with Gasteiger partial charge < -0.3 is 9.73 Å². The van der Waals surface area contributed by atoms with Crippen LogP contribution in [0.3, 0.4) is 0 Å². The lowest BCUT2D eigenvalue weighted by Gasteiger charge is -2.37. The lowest BCUT2D eigenvalue weighted by atomic mass is 9.88. The van der Waals surface area contributed by atoms with Gasteiger partial charge in [0.25, 0.3) is 0 Å². The molecule has 0 bridgehead atoms. The topological polar surface area (TPSA) is 76.4 Å². The van der Waals surface area contributed by atoms with Gasteiger partial charge in [-0.25, -0.2) is 8.42 Å². The second-order valence-corrected chi connectivity index (χ2v) is 8.75. The average molecular weight is 347 g/mol. The fourth-order valence-electron chi connectivity index (χ4n) is 3.24. The van der Waals surface area contributed by atoms with E-state index in [0.717, 1.165) is 16.5 Å². The summed E-state index contributed by atoms with van der Waals surface area (Å²) in [5, 5.41) is 4.03. The van der Waals surface area contributed by atoms with Crippen molar-refractivity contribution < 1.29 is 17.6 Å². The highest BCUT2D eigenvalue weighted by Crippen LogP contribution is 2.28. The Morgan fingerprint density at radius 1 is 1.29 bits per heavy atom. The standard InChI is InChI=1S/C18H21NO4S/c1-2-6-18(7-10-24(21,22)11-8-18)19-17(20)13-14-3-4-16-15(12-14)5-9-23-16/h2-5,9,12H,1,6-8,10-11,13H2,(H,19,20). The van der Waals surface area contributed by atoms with Gasteiger partial charge in [0, 0.05) is 10.9 Å². The van der Waals surface area contributed by atoms with Crippen molar-refractivity contribution in [2.24, 2.45) is 0 Å². The van der Waals surface area contributed by atoms with E-state index in [-0.39, 0.29) is 23.8 Å². The van der Waals surface area contributed by atoms with E-state index in [9.17, 15) is 13.2 Å². The van der Waals surface area contributed by atoms with Crippen LogP contribution >= 0.6 is 0 Å². The van der Waals surface area contributed by atoms with Crippen LogP contribution in [0, 0.1) is 0 Å². The molecule has 1 aliphatic heterocycles. The van der Waals surface area contributed by atoms with Gasteiger partial charge in [-0.2, -0.15) is 0 Å². The maximum atomic E-state index is 12.5. The van der Waals surface area contributed by atoms with Crippen LogP contribution in [-0.2, 0) is 21.1 Å². The van der Waals surface area contributed by atoms with Gasteiger partial charge in [-0.05, 0) is 43.0 Å². The monoisotopic (exact) mass is 347 g/mol. The Morgan fingerprint density at radius 3 is 2.75 bits per heavy atom. The molecule has 2 aromatic rings. The number of carbonyl (C=O) groups is 1. The Bertz CT molecular complexity index is 852. The molecule has 0 radical (unpaired) electrons. The Kier molecular flexibility index (Phi) is 4.49. The fraction of sp³-hybridized carbons (Fsp3) is 0.389. The van der Waals surface area contributed by atoms with E-state index in [1.165, 1.54) is 0 Å². The van der Waals surface area contributed by atoms with Crippen LogP contribution in [0.15, 0.2) is 47.6 Å². The quantitative estimate of drug-likeness (QED) is 0.844. The molecule has 3 rings (SSSR count). The van der Waals surface area contributed by atoms with Gasteiger partial charge in [-0.1, -0.05) is 12.1 Å². The molecule has 1 aromatic carbocycles. The van der Waals surface area contributed by atoms with Crippen molar-refractivity contribution in [3.8, 4) is 0 Å². The Morgan fingerprint density at radius 2 is 2.04 bits per heavy atom. The van der Waals surface area contributed by atoms with E-state index in [1.54, 1.807) is 12.3 Å². The number of carbonyl (C=O) groups excluding carboxylic acids is 1. The molecule has 128 valence electrons. The van der Waals surface area contributed by atoms with Crippen LogP contribution in [0.25, 0.3) is 11.0 Å². The molecule has 1 N–H and O–H groups in total. The van der Waals surface area contributed by atoms with E-state index >= 15 is 0 Å². The third-order valence-electron chi connectivity index (χ3n) is 4.60. The smallest absolute Gasteiger partial charge is 0.224 e. The second-order valence-electron chi connectivity index (χ2n) is 6.44. The number of benzene rings is 1. The van der Waals surface area contributed by atoms with Crippen molar-refractivity contribution in [3.63, 3.8) is 0 Å². The zero-order valence-corrected chi connectivity index (χ0v) is 14.3. The molecule has 24 heavy (non-hydrogen) atoms. The molecule has 1 fully saturated rings. The normalized spacial score (nSPS) is 19.0. The first kappa shape index (κ1) is 16.8. The molecule has 1 aromatic heterocycles. The van der Waals surface area contributed by atoms with Gasteiger partial charge in [-0.3, -0.25) is 4.79 Å². The van der Waals surface area contributed by atoms with Crippen molar-refractivity contribution in [2.45, 2.75) is 31.2 Å². The average Bonchev–Trinajstić information content (AvgIpc) is 2.98. The largest absolute Gasteiger partial charge is 0.464 e. The number of nitrogens with one attached hydrogen (secondary N) is 1. The molecule has 2 heterocycles. The highest BCUT2D eigenvalue weighted by Gasteiger charge is 2.37. The SMILES string of the molecule is C=CCC1(NC(=O)Cc2ccc3occc3c2)CCS(=O)(=O)CC1. The molecule has 6 heteroatoms. The van der Waals surface area contributed by atoms with Gasteiger partial charge in [0.05, 0.1) is 24.2 Å². The molecule has 1 saturated heterocycles. The van der Waals surface area contributed by atoms with Gasteiger partial charge in [0.15, 0.2) is 0 Å². The number of hydrogen-bond acceptors (Lipinski definition) is 4. The summed E-state index contributed by atoms with van der Waals surface area (Å²) < 4.78 is 28.6. The van der Waals surface area contributed by atoms with Crippen molar-refractivity contribution >= 4 is 26.7 Å². The molecule has 1 aliphatic rings. The minimum atomic E-state index is -2.98. The maximum Gasteiger partial charge on any atom is 0.224 e. The van der Waals surface area contributed by atoms with Crippen molar-refractivity contribution in [2.75, 3.05) is 11.5 Å². The van der Waals surface area contributed by atoms with Crippen LogP contribution in [0.1, 0.15) is 24.8 Å². The summed E-state index contributed by atoms with van der Waals surface area (Å²) in [5.41, 5.74) is 1.20. The first-order chi connectivity index (χ1) is 11.4. The molecule has 0 saturated carbocycles. The second kappa shape index (κ2) is 6.43. The van der Waals surface area contributed by atoms with E-state index in [1.807, 2.05) is 24.3 Å². The summed E-state index contributed by atoms with van der Waals surface area (Å²) >= 11 is 0. The van der Waals surface area contributed by atoms with Gasteiger partial charge in [0.1, 0.15) is 15.4 Å². The van der Waals surface area contributed by atoms with Crippen LogP contribution in [0.5, 0.6) is 0 Å². The third-order valence-corrected chi connectivity index (χ3v) is 6.26. The maximum absolute atomic E-state index is 12.5. The van der Waals surface area contributed by atoms with Crippen LogP contribution in [-0.4, -0.2) is 31.4 Å². The number of furan rings is 1. The third kappa shape index (κ3) is 3.70. The summed E-state index contributed by atoms with van der Waals surface area (Å²) in [5.74, 6) is 0.128. The molecule has 0 atom stereocenters. The Balaban J connectivity index is 1.70. The zero-order chi connectivity index (χ0) is 17.2. The van der Waals surface area contributed by atoms with Gasteiger partial charge >= 0.3 is 0 Å². The Hall–Kier alpha value is -2.08. The summed E-state index contributed by atoms with van der Waals surface area (Å²) in [4.78, 5) is 12.5. The van der Waals surface area contributed by atoms with E-state index in [0.29, 0.717) is 19.3 Å². The summed E-state index contributed by atoms with van der Waals surface area (Å²) in [6.07, 6.45) is 5.08. The van der Waals surface area contributed by atoms with E-state index in [4.69, 9.17) is 4.42 Å². The van der Waals surface area contributed by atoms with Gasteiger partial charge in [-0.15, -0.1) is 6.58 Å². The van der Waals surface area contributed by atoms with Crippen LogP contribution in [0.2, 0.25) is 0 Å². The van der Waals surface area contributed by atoms with Crippen molar-refractivity contribution in [1.82, 2.24) is 5.32 Å². The number of amides is 1. The lowest BCUT2D eigenvalue weighted by Crippen LogP contribution is -2.53. The van der Waals surface area contributed by atoms with Crippen molar-refractivity contribution in [1.29, 1.82) is 0 Å². The predicted molar refractivity (Wildman–Crippen MR) is 93.5 cm³/mol. The minimum Gasteiger partial charge on any atom is -0.464 e. The Labute approximate surface area is 141 Å². The highest BCUT2D eigenvalue weighted by atomic mass is 32.2. The molecule has 0 aliphatic carbocycles. The minimum absolute atomic E-state index is 0.0982. The summed E-state index contributed by atoms with van der Waals surface area (Å²) in [6, 6.07) is 7.52. The molecule has 0 unspecified atom stereocenters. The fourth-order valence-corrected chi connectivity index (χ4v) is 4.84. The van der Waals surface area contributed by atoms with Crippen molar-refractivity contribution in [3.05, 3.63) is 48.7 Å². The van der Waals surface area contributed by atoms with E-state index in [2.05, 4.69) is 11.9 Å². The summed E-state index contributed by atoms with van der Waals surface area (Å²) in [6.45, 7) is 3.74. The summed E-state index contributed by atoms with van der Waals surface area (Å²) in [7, 11) is -2.98. The molecular weight excluding hydrogens is 326 g/mol. The lowest BCUT2D eigenvalue weighted by molar-refractivity contribution is -0.122. The predicted octanol–water partition coefficient (Wildman–Crippen LogP) is 2.62. The van der Waals surface area contributed by atoms with Gasteiger partial charge in [0.2, 0.25) is 5.91 Å². The zero-order valence-electron chi connectivity index (χ0n) is 13.5.